The summed E-state index contributed by atoms with van der Waals surface area (Å²) in [6.07, 6.45) is 4.28. The summed E-state index contributed by atoms with van der Waals surface area (Å²) in [5, 5.41) is 0.913. The smallest absolute Gasteiger partial charge is 0.316 e. The van der Waals surface area contributed by atoms with Crippen molar-refractivity contribution < 1.29 is 14.3 Å². The molecule has 3 nitrogen and oxygen atoms in total. The number of rotatable bonds is 4. The van der Waals surface area contributed by atoms with Gasteiger partial charge >= 0.3 is 5.97 Å². The second-order valence-electron chi connectivity index (χ2n) is 7.22. The molecular weight excluding hydrogens is 383 g/mol. The first kappa shape index (κ1) is 18.8. The molecule has 0 saturated carbocycles. The van der Waals surface area contributed by atoms with E-state index in [9.17, 15) is 4.79 Å². The molecule has 142 valence electrons. The van der Waals surface area contributed by atoms with Crippen molar-refractivity contribution in [1.82, 2.24) is 0 Å². The van der Waals surface area contributed by atoms with Gasteiger partial charge in [0, 0.05) is 6.61 Å². The Bertz CT molecular complexity index is 830. The molecule has 1 saturated heterocycles. The minimum Gasteiger partial charge on any atom is -0.457 e. The molecule has 0 aromatic heterocycles. The molecule has 0 bridgehead atoms. The zero-order chi connectivity index (χ0) is 18.8. The van der Waals surface area contributed by atoms with Crippen molar-refractivity contribution in [2.75, 3.05) is 6.61 Å². The van der Waals surface area contributed by atoms with Crippen LogP contribution >= 0.6 is 23.2 Å². The van der Waals surface area contributed by atoms with Gasteiger partial charge in [-0.2, -0.15) is 0 Å². The van der Waals surface area contributed by atoms with Crippen molar-refractivity contribution >= 4 is 29.2 Å². The first-order valence-corrected chi connectivity index (χ1v) is 10.2. The van der Waals surface area contributed by atoms with Gasteiger partial charge in [-0.15, -0.1) is 0 Å². The zero-order valence-corrected chi connectivity index (χ0v) is 16.5. The maximum Gasteiger partial charge on any atom is 0.316 e. The summed E-state index contributed by atoms with van der Waals surface area (Å²) >= 11 is 12.3. The second-order valence-corrected chi connectivity index (χ2v) is 8.03. The fourth-order valence-corrected chi connectivity index (χ4v) is 4.40. The van der Waals surface area contributed by atoms with Gasteiger partial charge in [-0.3, -0.25) is 4.79 Å². The molecule has 2 aromatic rings. The maximum absolute atomic E-state index is 13.2. The van der Waals surface area contributed by atoms with Crippen molar-refractivity contribution in [2.24, 2.45) is 0 Å². The van der Waals surface area contributed by atoms with Crippen LogP contribution < -0.4 is 0 Å². The molecule has 3 atom stereocenters. The van der Waals surface area contributed by atoms with Crippen LogP contribution in [-0.2, 0) is 20.7 Å². The molecule has 2 aromatic carbocycles. The van der Waals surface area contributed by atoms with Gasteiger partial charge in [-0.05, 0) is 60.9 Å². The molecule has 0 spiro atoms. The van der Waals surface area contributed by atoms with Gasteiger partial charge in [0.2, 0.25) is 0 Å². The third-order valence-electron chi connectivity index (χ3n) is 5.48. The molecular formula is C22H22Cl2O3. The van der Waals surface area contributed by atoms with Gasteiger partial charge in [-0.25, -0.2) is 0 Å². The lowest BCUT2D eigenvalue weighted by Crippen LogP contribution is -2.33. The third kappa shape index (κ3) is 4.01. The molecule has 0 radical (unpaired) electrons. The topological polar surface area (TPSA) is 35.5 Å². The zero-order valence-electron chi connectivity index (χ0n) is 15.0. The van der Waals surface area contributed by atoms with Crippen LogP contribution in [0.4, 0.5) is 0 Å². The summed E-state index contributed by atoms with van der Waals surface area (Å²) in [5.41, 5.74) is 3.17. The molecule has 4 rings (SSSR count). The van der Waals surface area contributed by atoms with Crippen LogP contribution in [0.25, 0.3) is 0 Å². The van der Waals surface area contributed by atoms with E-state index in [1.54, 1.807) is 12.1 Å². The largest absolute Gasteiger partial charge is 0.457 e. The highest BCUT2D eigenvalue weighted by atomic mass is 35.5. The Kier molecular flexibility index (Phi) is 5.72. The Balaban J connectivity index is 1.60. The number of esters is 1. The van der Waals surface area contributed by atoms with Crippen LogP contribution in [0.1, 0.15) is 54.4 Å². The predicted octanol–water partition coefficient (Wildman–Crippen LogP) is 5.88. The highest BCUT2D eigenvalue weighted by Crippen LogP contribution is 2.38. The minimum absolute atomic E-state index is 0.192. The van der Waals surface area contributed by atoms with E-state index in [0.717, 1.165) is 43.2 Å². The highest BCUT2D eigenvalue weighted by Gasteiger charge is 2.36. The number of hydrogen-bond donors (Lipinski definition) is 0. The number of halogens is 2. The van der Waals surface area contributed by atoms with Crippen LogP contribution in [0.3, 0.4) is 0 Å². The Hall–Kier alpha value is -1.55. The lowest BCUT2D eigenvalue weighted by Gasteiger charge is -2.30. The molecule has 0 amide bonds. The SMILES string of the molecule is O=C(O[C@H]1CCc2ccccc21)[C@@H](c1ccc(Cl)c(Cl)c1)C1CCCCO1. The van der Waals surface area contributed by atoms with Gasteiger partial charge in [0.05, 0.1) is 16.1 Å². The van der Waals surface area contributed by atoms with Crippen LogP contribution in [0.5, 0.6) is 0 Å². The van der Waals surface area contributed by atoms with Crippen LogP contribution in [0.15, 0.2) is 42.5 Å². The Morgan fingerprint density at radius 1 is 1.07 bits per heavy atom. The number of carbonyl (C=O) groups is 1. The Morgan fingerprint density at radius 2 is 1.93 bits per heavy atom. The summed E-state index contributed by atoms with van der Waals surface area (Å²) in [6, 6.07) is 13.5. The standard InChI is InChI=1S/C22H22Cl2O3/c23-17-10-8-15(13-18(17)24)21(20-7-3-4-12-26-20)22(25)27-19-11-9-14-5-1-2-6-16(14)19/h1-2,5-6,8,10,13,19-21H,3-4,7,9,11-12H2/t19-,20?,21-/m0/s1. The van der Waals surface area contributed by atoms with Gasteiger partial charge in [0.1, 0.15) is 12.0 Å². The second kappa shape index (κ2) is 8.22. The number of benzene rings is 2. The average molecular weight is 405 g/mol. The molecule has 27 heavy (non-hydrogen) atoms. The quantitative estimate of drug-likeness (QED) is 0.597. The van der Waals surface area contributed by atoms with Crippen LogP contribution in [0, 0.1) is 0 Å². The molecule has 1 heterocycles. The van der Waals surface area contributed by atoms with Crippen molar-refractivity contribution in [1.29, 1.82) is 0 Å². The number of carbonyl (C=O) groups excluding carboxylic acids is 1. The normalized spacial score (nSPS) is 22.9. The molecule has 1 unspecified atom stereocenters. The number of fused-ring (bicyclic) bond motifs is 1. The van der Waals surface area contributed by atoms with E-state index in [1.807, 2.05) is 24.3 Å². The van der Waals surface area contributed by atoms with E-state index in [2.05, 4.69) is 6.07 Å². The minimum atomic E-state index is -0.493. The lowest BCUT2D eigenvalue weighted by molar-refractivity contribution is -0.156. The van der Waals surface area contributed by atoms with E-state index >= 15 is 0 Å². The van der Waals surface area contributed by atoms with Crippen molar-refractivity contribution in [3.05, 3.63) is 69.2 Å². The van der Waals surface area contributed by atoms with E-state index in [4.69, 9.17) is 32.7 Å². The summed E-state index contributed by atoms with van der Waals surface area (Å²) in [7, 11) is 0. The average Bonchev–Trinajstić information content (AvgIpc) is 3.09. The monoisotopic (exact) mass is 404 g/mol. The van der Waals surface area contributed by atoms with Crippen molar-refractivity contribution in [2.45, 2.75) is 50.2 Å². The van der Waals surface area contributed by atoms with Crippen molar-refractivity contribution in [3.8, 4) is 0 Å². The maximum atomic E-state index is 13.2. The van der Waals surface area contributed by atoms with E-state index in [0.29, 0.717) is 16.7 Å². The summed E-state index contributed by atoms with van der Waals surface area (Å²) < 4.78 is 11.9. The lowest BCUT2D eigenvalue weighted by atomic mass is 9.89. The van der Waals surface area contributed by atoms with E-state index < -0.39 is 5.92 Å². The van der Waals surface area contributed by atoms with Gasteiger partial charge in [0.15, 0.2) is 0 Å². The number of aryl methyl sites for hydroxylation is 1. The van der Waals surface area contributed by atoms with E-state index in [-0.39, 0.29) is 18.2 Å². The Morgan fingerprint density at radius 3 is 2.70 bits per heavy atom. The fraction of sp³-hybridized carbons (Fsp3) is 0.409. The summed E-state index contributed by atoms with van der Waals surface area (Å²) in [6.45, 7) is 0.669. The van der Waals surface area contributed by atoms with Crippen LogP contribution in [-0.4, -0.2) is 18.7 Å². The van der Waals surface area contributed by atoms with E-state index in [1.165, 1.54) is 5.56 Å². The first-order chi connectivity index (χ1) is 13.1. The number of hydrogen-bond acceptors (Lipinski definition) is 3. The fourth-order valence-electron chi connectivity index (χ4n) is 4.09. The first-order valence-electron chi connectivity index (χ1n) is 9.48. The summed E-state index contributed by atoms with van der Waals surface area (Å²) in [4.78, 5) is 13.2. The molecule has 5 heteroatoms. The van der Waals surface area contributed by atoms with Gasteiger partial charge in [-0.1, -0.05) is 53.5 Å². The number of ether oxygens (including phenoxy) is 2. The molecule has 1 fully saturated rings. The van der Waals surface area contributed by atoms with Crippen molar-refractivity contribution in [3.63, 3.8) is 0 Å². The third-order valence-corrected chi connectivity index (χ3v) is 6.22. The van der Waals surface area contributed by atoms with Gasteiger partial charge in [0.25, 0.3) is 0 Å². The molecule has 1 aliphatic carbocycles. The summed E-state index contributed by atoms with van der Waals surface area (Å²) in [5.74, 6) is -0.741. The highest BCUT2D eigenvalue weighted by molar-refractivity contribution is 6.42. The molecule has 1 aliphatic heterocycles. The van der Waals surface area contributed by atoms with Gasteiger partial charge < -0.3 is 9.47 Å². The van der Waals surface area contributed by atoms with Crippen LogP contribution in [0.2, 0.25) is 10.0 Å². The predicted molar refractivity (Wildman–Crippen MR) is 106 cm³/mol. The Labute approximate surface area is 169 Å². The molecule has 0 N–H and O–H groups in total. The molecule has 2 aliphatic rings.